The quantitative estimate of drug-likeness (QED) is 0.381. The lowest BCUT2D eigenvalue weighted by molar-refractivity contribution is -0.385. The molecular weight excluding hydrogens is 386 g/mol. The van der Waals surface area contributed by atoms with Gasteiger partial charge >= 0.3 is 11.7 Å². The molecule has 13 nitrogen and oxygen atoms in total. The number of nitro benzene ring substituents is 1. The van der Waals surface area contributed by atoms with E-state index in [1.54, 1.807) is 0 Å². The van der Waals surface area contributed by atoms with Gasteiger partial charge in [-0.3, -0.25) is 10.1 Å². The number of phenols is 1. The minimum Gasteiger partial charge on any atom is -0.504 e. The number of benzene rings is 1. The molecule has 0 spiro atoms. The zero-order chi connectivity index (χ0) is 20.8. The molecular formula is C16H19N7O6. The molecule has 0 saturated carbocycles. The number of aromatic nitrogens is 3. The van der Waals surface area contributed by atoms with Gasteiger partial charge in [0.1, 0.15) is 0 Å². The maximum Gasteiger partial charge on any atom is 0.323 e. The summed E-state index contributed by atoms with van der Waals surface area (Å²) in [7, 11) is 2.66. The summed E-state index contributed by atoms with van der Waals surface area (Å²) >= 11 is 0. The van der Waals surface area contributed by atoms with Gasteiger partial charge in [0.2, 0.25) is 11.7 Å². The number of morpholine rings is 1. The van der Waals surface area contributed by atoms with Crippen molar-refractivity contribution in [3.05, 3.63) is 27.8 Å². The summed E-state index contributed by atoms with van der Waals surface area (Å²) in [6, 6.07) is 2.71. The zero-order valence-corrected chi connectivity index (χ0v) is 15.7. The number of anilines is 2. The molecule has 2 heterocycles. The van der Waals surface area contributed by atoms with Crippen LogP contribution in [0.3, 0.4) is 0 Å². The molecule has 1 aliphatic heterocycles. The Morgan fingerprint density at radius 3 is 2.69 bits per heavy atom. The molecule has 1 saturated heterocycles. The Labute approximate surface area is 165 Å². The largest absolute Gasteiger partial charge is 0.504 e. The lowest BCUT2D eigenvalue weighted by Crippen LogP contribution is -2.37. The summed E-state index contributed by atoms with van der Waals surface area (Å²) in [5, 5.41) is 25.0. The van der Waals surface area contributed by atoms with Crippen molar-refractivity contribution < 1.29 is 24.2 Å². The van der Waals surface area contributed by atoms with Crippen LogP contribution in [0.5, 0.6) is 17.5 Å². The number of aromatic hydroxyl groups is 1. The lowest BCUT2D eigenvalue weighted by Gasteiger charge is -2.26. The van der Waals surface area contributed by atoms with Crippen LogP contribution in [0, 0.1) is 10.1 Å². The Morgan fingerprint density at radius 1 is 1.28 bits per heavy atom. The van der Waals surface area contributed by atoms with Crippen LogP contribution in [0.2, 0.25) is 0 Å². The molecule has 2 N–H and O–H groups in total. The second-order valence-corrected chi connectivity index (χ2v) is 5.73. The number of methoxy groups -OCH3 is 2. The van der Waals surface area contributed by atoms with Crippen molar-refractivity contribution in [2.75, 3.05) is 50.8 Å². The molecule has 0 radical (unpaired) electrons. The average molecular weight is 405 g/mol. The Balaban J connectivity index is 1.84. The molecule has 1 aromatic carbocycles. The van der Waals surface area contributed by atoms with Crippen molar-refractivity contribution in [3.63, 3.8) is 0 Å². The number of ether oxygens (including phenoxy) is 3. The third kappa shape index (κ3) is 4.57. The molecule has 0 aliphatic carbocycles. The van der Waals surface area contributed by atoms with Gasteiger partial charge in [0.15, 0.2) is 5.75 Å². The van der Waals surface area contributed by atoms with Crippen molar-refractivity contribution in [3.8, 4) is 17.5 Å². The first kappa shape index (κ1) is 20.0. The average Bonchev–Trinajstić information content (AvgIpc) is 2.74. The molecule has 0 bridgehead atoms. The van der Waals surface area contributed by atoms with E-state index in [2.05, 4.69) is 25.5 Å². The van der Waals surface area contributed by atoms with Crippen LogP contribution < -0.4 is 19.8 Å². The van der Waals surface area contributed by atoms with Crippen molar-refractivity contribution in [2.45, 2.75) is 0 Å². The Hall–Kier alpha value is -3.74. The topological polar surface area (TPSA) is 157 Å². The number of nitrogens with one attached hydrogen (secondary N) is 1. The molecule has 0 amide bonds. The second kappa shape index (κ2) is 8.97. The fourth-order valence-electron chi connectivity index (χ4n) is 2.62. The highest BCUT2D eigenvalue weighted by Crippen LogP contribution is 2.37. The van der Waals surface area contributed by atoms with Crippen LogP contribution in [-0.4, -0.2) is 71.7 Å². The Kier molecular flexibility index (Phi) is 6.19. The number of nitro groups is 1. The normalized spacial score (nSPS) is 14.1. The molecule has 1 aliphatic rings. The van der Waals surface area contributed by atoms with E-state index in [4.69, 9.17) is 14.2 Å². The minimum atomic E-state index is -0.664. The molecule has 29 heavy (non-hydrogen) atoms. The smallest absolute Gasteiger partial charge is 0.323 e. The Bertz CT molecular complexity index is 917. The highest BCUT2D eigenvalue weighted by Gasteiger charge is 2.23. The van der Waals surface area contributed by atoms with Crippen LogP contribution in [-0.2, 0) is 4.74 Å². The summed E-state index contributed by atoms with van der Waals surface area (Å²) in [6.07, 6.45) is 1.20. The highest BCUT2D eigenvalue weighted by atomic mass is 16.6. The monoisotopic (exact) mass is 405 g/mol. The van der Waals surface area contributed by atoms with E-state index in [9.17, 15) is 15.2 Å². The second-order valence-electron chi connectivity index (χ2n) is 5.73. The third-order valence-corrected chi connectivity index (χ3v) is 3.98. The summed E-state index contributed by atoms with van der Waals surface area (Å²) in [5.74, 6) is -0.102. The number of rotatable bonds is 7. The fraction of sp³-hybridized carbons (Fsp3) is 0.375. The standard InChI is InChI=1S/C16H19N7O6/c1-27-13-11(24)4-3-10(12(13)23(25)26)9-17-21-14-18-15(20-16(19-14)28-2)22-5-7-29-8-6-22/h3-4,9,24H,5-8H2,1-2H3,(H,18,19,20,21)/b17-9+. The van der Waals surface area contributed by atoms with E-state index in [1.165, 1.54) is 32.6 Å². The first-order valence-electron chi connectivity index (χ1n) is 8.49. The zero-order valence-electron chi connectivity index (χ0n) is 15.7. The summed E-state index contributed by atoms with van der Waals surface area (Å²) in [5.41, 5.74) is 2.31. The number of nitrogens with zero attached hydrogens (tertiary/aromatic N) is 6. The van der Waals surface area contributed by atoms with Crippen LogP contribution in [0.25, 0.3) is 0 Å². The van der Waals surface area contributed by atoms with Crippen LogP contribution in [0.15, 0.2) is 17.2 Å². The predicted octanol–water partition coefficient (Wildman–Crippen LogP) is 0.785. The van der Waals surface area contributed by atoms with E-state index in [0.717, 1.165) is 0 Å². The number of hydrazone groups is 1. The van der Waals surface area contributed by atoms with E-state index >= 15 is 0 Å². The summed E-state index contributed by atoms with van der Waals surface area (Å²) in [4.78, 5) is 25.2. The molecule has 3 rings (SSSR count). The minimum absolute atomic E-state index is 0.0940. The van der Waals surface area contributed by atoms with Crippen molar-refractivity contribution >= 4 is 23.8 Å². The first-order valence-corrected chi connectivity index (χ1v) is 8.49. The van der Waals surface area contributed by atoms with E-state index in [1.807, 2.05) is 4.90 Å². The molecule has 0 atom stereocenters. The molecule has 0 unspecified atom stereocenters. The lowest BCUT2D eigenvalue weighted by atomic mass is 10.1. The maximum absolute atomic E-state index is 11.4. The van der Waals surface area contributed by atoms with Gasteiger partial charge in [-0.2, -0.15) is 20.1 Å². The highest BCUT2D eigenvalue weighted by molar-refractivity contribution is 5.88. The van der Waals surface area contributed by atoms with Gasteiger partial charge in [-0.05, 0) is 12.1 Å². The van der Waals surface area contributed by atoms with Gasteiger partial charge in [-0.1, -0.05) is 0 Å². The van der Waals surface area contributed by atoms with Crippen molar-refractivity contribution in [1.29, 1.82) is 0 Å². The van der Waals surface area contributed by atoms with Crippen molar-refractivity contribution in [2.24, 2.45) is 5.10 Å². The molecule has 1 fully saturated rings. The van der Waals surface area contributed by atoms with Gasteiger partial charge < -0.3 is 24.2 Å². The predicted molar refractivity (Wildman–Crippen MR) is 102 cm³/mol. The SMILES string of the molecule is COc1nc(N/N=C/c2ccc(O)c(OC)c2[N+](=O)[O-])nc(N2CCOCC2)n1. The molecule has 13 heteroatoms. The fourth-order valence-corrected chi connectivity index (χ4v) is 2.62. The van der Waals surface area contributed by atoms with Gasteiger partial charge in [-0.15, -0.1) is 0 Å². The summed E-state index contributed by atoms with van der Waals surface area (Å²) < 4.78 is 15.3. The van der Waals surface area contributed by atoms with E-state index in [-0.39, 0.29) is 29.0 Å². The van der Waals surface area contributed by atoms with Crippen LogP contribution >= 0.6 is 0 Å². The van der Waals surface area contributed by atoms with Gasteiger partial charge in [-0.25, -0.2) is 5.43 Å². The van der Waals surface area contributed by atoms with Gasteiger partial charge in [0, 0.05) is 13.1 Å². The maximum atomic E-state index is 11.4. The Morgan fingerprint density at radius 2 is 2.03 bits per heavy atom. The first-order chi connectivity index (χ1) is 14.0. The van der Waals surface area contributed by atoms with Gasteiger partial charge in [0.05, 0.1) is 44.1 Å². The number of phenolic OH excluding ortho intramolecular Hbond substituents is 1. The number of hydrogen-bond donors (Lipinski definition) is 2. The van der Waals surface area contributed by atoms with Gasteiger partial charge in [0.25, 0.3) is 5.95 Å². The number of hydrogen-bond acceptors (Lipinski definition) is 12. The molecule has 1 aromatic heterocycles. The summed E-state index contributed by atoms with van der Waals surface area (Å²) in [6.45, 7) is 2.35. The molecule has 2 aromatic rings. The van der Waals surface area contributed by atoms with E-state index < -0.39 is 10.6 Å². The van der Waals surface area contributed by atoms with Crippen LogP contribution in [0.1, 0.15) is 5.56 Å². The van der Waals surface area contributed by atoms with E-state index in [0.29, 0.717) is 32.3 Å². The molecule has 154 valence electrons. The third-order valence-electron chi connectivity index (χ3n) is 3.98. The van der Waals surface area contributed by atoms with Crippen LogP contribution in [0.4, 0.5) is 17.6 Å². The van der Waals surface area contributed by atoms with Crippen molar-refractivity contribution in [1.82, 2.24) is 15.0 Å².